The lowest BCUT2D eigenvalue weighted by molar-refractivity contribution is -0.113. The summed E-state index contributed by atoms with van der Waals surface area (Å²) in [6.07, 6.45) is 0. The van der Waals surface area contributed by atoms with Gasteiger partial charge in [-0.05, 0) is 34.1 Å². The van der Waals surface area contributed by atoms with Crippen molar-refractivity contribution in [2.45, 2.75) is 11.7 Å². The molecule has 2 rings (SSSR count). The number of hydrogen-bond acceptors (Lipinski definition) is 5. The smallest absolute Gasteiger partial charge is 0.234 e. The molecule has 0 fully saturated rings. The first-order chi connectivity index (χ1) is 10.0. The molecular weight excluding hydrogens is 422 g/mol. The molecule has 0 saturated carbocycles. The maximum atomic E-state index is 12.0. The Labute approximate surface area is 143 Å². The molecule has 112 valence electrons. The molecule has 3 N–H and O–H groups in total. The second-order valence-corrected chi connectivity index (χ2v) is 6.84. The van der Waals surface area contributed by atoms with E-state index in [1.807, 2.05) is 25.2 Å². The van der Waals surface area contributed by atoms with Crippen LogP contribution >= 0.6 is 43.6 Å². The zero-order chi connectivity index (χ0) is 15.4. The third kappa shape index (κ3) is 4.29. The van der Waals surface area contributed by atoms with Crippen LogP contribution in [0, 0.1) is 0 Å². The predicted octanol–water partition coefficient (Wildman–Crippen LogP) is 2.53. The molecule has 0 atom stereocenters. The molecule has 0 aliphatic carbocycles. The van der Waals surface area contributed by atoms with Crippen molar-refractivity contribution >= 4 is 55.2 Å². The van der Waals surface area contributed by atoms with E-state index in [2.05, 4.69) is 47.4 Å². The molecule has 1 aromatic carbocycles. The van der Waals surface area contributed by atoms with Gasteiger partial charge in [0, 0.05) is 16.0 Å². The summed E-state index contributed by atoms with van der Waals surface area (Å²) in [7, 11) is 1.83. The van der Waals surface area contributed by atoms with E-state index in [1.54, 1.807) is 4.57 Å². The van der Waals surface area contributed by atoms with Crippen LogP contribution in [-0.2, 0) is 18.4 Å². The Hall–Kier alpha value is -0.900. The van der Waals surface area contributed by atoms with Crippen LogP contribution in [0.2, 0.25) is 0 Å². The topological polar surface area (TPSA) is 85.8 Å². The number of nitrogens with zero attached hydrogens (tertiary/aromatic N) is 3. The molecule has 0 saturated heterocycles. The van der Waals surface area contributed by atoms with Crippen molar-refractivity contribution in [1.82, 2.24) is 14.8 Å². The van der Waals surface area contributed by atoms with Gasteiger partial charge in [-0.25, -0.2) is 0 Å². The molecule has 0 radical (unpaired) electrons. The summed E-state index contributed by atoms with van der Waals surface area (Å²) in [5.74, 6) is 0.827. The largest absolute Gasteiger partial charge is 0.324 e. The van der Waals surface area contributed by atoms with E-state index in [-0.39, 0.29) is 11.7 Å². The number of aromatic nitrogens is 3. The molecule has 9 heteroatoms. The summed E-state index contributed by atoms with van der Waals surface area (Å²) in [6, 6.07) is 5.56. The number of hydrogen-bond donors (Lipinski definition) is 2. The maximum Gasteiger partial charge on any atom is 0.234 e. The van der Waals surface area contributed by atoms with Gasteiger partial charge in [0.2, 0.25) is 5.91 Å². The van der Waals surface area contributed by atoms with Crippen LogP contribution in [0.1, 0.15) is 5.82 Å². The van der Waals surface area contributed by atoms with Crippen molar-refractivity contribution in [3.63, 3.8) is 0 Å². The van der Waals surface area contributed by atoms with Gasteiger partial charge >= 0.3 is 0 Å². The third-order valence-electron chi connectivity index (χ3n) is 2.65. The van der Waals surface area contributed by atoms with Gasteiger partial charge in [0.1, 0.15) is 5.82 Å². The lowest BCUT2D eigenvalue weighted by atomic mass is 10.3. The molecular formula is C12H13Br2N5OS. The quantitative estimate of drug-likeness (QED) is 0.706. The van der Waals surface area contributed by atoms with Crippen molar-refractivity contribution < 1.29 is 4.79 Å². The van der Waals surface area contributed by atoms with Crippen LogP contribution in [0.4, 0.5) is 5.69 Å². The molecule has 0 spiro atoms. The average Bonchev–Trinajstić information content (AvgIpc) is 2.80. The molecule has 21 heavy (non-hydrogen) atoms. The fourth-order valence-electron chi connectivity index (χ4n) is 1.56. The minimum atomic E-state index is -0.111. The summed E-state index contributed by atoms with van der Waals surface area (Å²) < 4.78 is 3.54. The number of amides is 1. The van der Waals surface area contributed by atoms with Crippen molar-refractivity contribution in [2.75, 3.05) is 11.1 Å². The normalized spacial score (nSPS) is 10.7. The van der Waals surface area contributed by atoms with Crippen LogP contribution in [0.5, 0.6) is 0 Å². The van der Waals surface area contributed by atoms with Gasteiger partial charge in [0.05, 0.1) is 18.0 Å². The third-order valence-corrected chi connectivity index (χ3v) is 4.81. The van der Waals surface area contributed by atoms with Crippen LogP contribution in [0.25, 0.3) is 0 Å². The van der Waals surface area contributed by atoms with Gasteiger partial charge in [-0.2, -0.15) is 0 Å². The van der Waals surface area contributed by atoms with Gasteiger partial charge in [-0.1, -0.05) is 27.7 Å². The number of anilines is 1. The van der Waals surface area contributed by atoms with E-state index in [4.69, 9.17) is 5.73 Å². The van der Waals surface area contributed by atoms with Crippen molar-refractivity contribution in [2.24, 2.45) is 12.8 Å². The fraction of sp³-hybridized carbons (Fsp3) is 0.250. The first-order valence-electron chi connectivity index (χ1n) is 5.97. The number of nitrogens with two attached hydrogens (primary N) is 1. The molecule has 2 aromatic rings. The minimum Gasteiger partial charge on any atom is -0.324 e. The summed E-state index contributed by atoms with van der Waals surface area (Å²) in [5.41, 5.74) is 6.26. The number of carbonyl (C=O) groups excluding carboxylic acids is 1. The number of halogens is 2. The number of rotatable bonds is 5. The lowest BCUT2D eigenvalue weighted by Gasteiger charge is -2.07. The van der Waals surface area contributed by atoms with Crippen LogP contribution in [0.15, 0.2) is 32.3 Å². The number of benzene rings is 1. The fourth-order valence-corrected chi connectivity index (χ4v) is 3.43. The van der Waals surface area contributed by atoms with Gasteiger partial charge < -0.3 is 15.6 Å². The Kier molecular flexibility index (Phi) is 5.80. The van der Waals surface area contributed by atoms with E-state index in [1.165, 1.54) is 11.8 Å². The molecule has 1 heterocycles. The van der Waals surface area contributed by atoms with Crippen LogP contribution < -0.4 is 11.1 Å². The van der Waals surface area contributed by atoms with E-state index in [9.17, 15) is 4.79 Å². The van der Waals surface area contributed by atoms with E-state index >= 15 is 0 Å². The van der Waals surface area contributed by atoms with Gasteiger partial charge in [0.15, 0.2) is 5.16 Å². The van der Waals surface area contributed by atoms with Crippen LogP contribution in [0.3, 0.4) is 0 Å². The zero-order valence-corrected chi connectivity index (χ0v) is 15.1. The predicted molar refractivity (Wildman–Crippen MR) is 90.1 cm³/mol. The highest BCUT2D eigenvalue weighted by molar-refractivity contribution is 9.11. The SMILES string of the molecule is Cn1c(CN)nnc1SCC(=O)Nc1ccc(Br)cc1Br. The zero-order valence-electron chi connectivity index (χ0n) is 11.1. The van der Waals surface area contributed by atoms with Gasteiger partial charge in [-0.3, -0.25) is 4.79 Å². The highest BCUT2D eigenvalue weighted by atomic mass is 79.9. The lowest BCUT2D eigenvalue weighted by Crippen LogP contribution is -2.15. The molecule has 1 aromatic heterocycles. The monoisotopic (exact) mass is 433 g/mol. The summed E-state index contributed by atoms with van der Waals surface area (Å²) in [4.78, 5) is 12.0. The molecule has 0 bridgehead atoms. The Morgan fingerprint density at radius 2 is 2.19 bits per heavy atom. The molecule has 0 aliphatic rings. The number of carbonyl (C=O) groups is 1. The summed E-state index contributed by atoms with van der Waals surface area (Å²) in [5, 5.41) is 11.4. The molecule has 6 nitrogen and oxygen atoms in total. The first kappa shape index (κ1) is 16.5. The standard InChI is InChI=1S/C12H13Br2N5OS/c1-19-10(5-15)17-18-12(19)21-6-11(20)16-9-3-2-7(13)4-8(9)14/h2-4H,5-6,15H2,1H3,(H,16,20). The Bertz CT molecular complexity index is 661. The number of nitrogens with one attached hydrogen (secondary N) is 1. The van der Waals surface area contributed by atoms with E-state index in [0.717, 1.165) is 14.6 Å². The molecule has 0 unspecified atom stereocenters. The second kappa shape index (κ2) is 7.39. The maximum absolute atomic E-state index is 12.0. The Morgan fingerprint density at radius 3 is 2.81 bits per heavy atom. The van der Waals surface area contributed by atoms with E-state index < -0.39 is 0 Å². The minimum absolute atomic E-state index is 0.111. The van der Waals surface area contributed by atoms with Gasteiger partial charge in [0.25, 0.3) is 0 Å². The van der Waals surface area contributed by atoms with Crippen molar-refractivity contribution in [1.29, 1.82) is 0 Å². The highest BCUT2D eigenvalue weighted by Crippen LogP contribution is 2.26. The highest BCUT2D eigenvalue weighted by Gasteiger charge is 2.11. The summed E-state index contributed by atoms with van der Waals surface area (Å²) in [6.45, 7) is 0.322. The number of thioether (sulfide) groups is 1. The molecule has 0 aliphatic heterocycles. The van der Waals surface area contributed by atoms with Crippen LogP contribution in [-0.4, -0.2) is 26.4 Å². The van der Waals surface area contributed by atoms with Crippen molar-refractivity contribution in [3.05, 3.63) is 33.0 Å². The van der Waals surface area contributed by atoms with Crippen molar-refractivity contribution in [3.8, 4) is 0 Å². The Morgan fingerprint density at radius 1 is 1.43 bits per heavy atom. The summed E-state index contributed by atoms with van der Waals surface area (Å²) >= 11 is 8.09. The molecule has 1 amide bonds. The average molecular weight is 435 g/mol. The second-order valence-electron chi connectivity index (χ2n) is 4.12. The Balaban J connectivity index is 1.94. The van der Waals surface area contributed by atoms with E-state index in [0.29, 0.717) is 17.5 Å². The first-order valence-corrected chi connectivity index (χ1v) is 8.54. The van der Waals surface area contributed by atoms with Gasteiger partial charge in [-0.15, -0.1) is 10.2 Å².